The highest BCUT2D eigenvalue weighted by molar-refractivity contribution is 14.1. The number of nitrogens with zero attached hydrogens (tertiary/aromatic N) is 4. The van der Waals surface area contributed by atoms with Crippen LogP contribution in [0.25, 0.3) is 20.0 Å². The van der Waals surface area contributed by atoms with E-state index in [0.29, 0.717) is 0 Å². The van der Waals surface area contributed by atoms with Crippen molar-refractivity contribution in [2.45, 2.75) is 0 Å². The maximum absolute atomic E-state index is 4.25. The average Bonchev–Trinajstić information content (AvgIpc) is 3.28. The highest BCUT2D eigenvalue weighted by atomic mass is 127. The first-order valence-electron chi connectivity index (χ1n) is 5.75. The average molecular weight is 588 g/mol. The zero-order chi connectivity index (χ0) is 15.4. The molecule has 0 unspecified atom stereocenters. The normalized spacial score (nSPS) is 10.3. The number of thiazole rings is 4. The predicted molar refractivity (Wildman–Crippen MR) is 112 cm³/mol. The van der Waals surface area contributed by atoms with Crippen LogP contribution in [-0.4, -0.2) is 19.9 Å². The van der Waals surface area contributed by atoms with Crippen molar-refractivity contribution in [1.29, 1.82) is 0 Å². The van der Waals surface area contributed by atoms with Gasteiger partial charge >= 0.3 is 0 Å². The van der Waals surface area contributed by atoms with Gasteiger partial charge in [0.25, 0.3) is 0 Å². The molecule has 0 spiro atoms. The van der Waals surface area contributed by atoms with E-state index in [1.165, 1.54) is 5.77 Å². The molecule has 0 aliphatic heterocycles. The van der Waals surface area contributed by atoms with Crippen molar-refractivity contribution in [3.63, 3.8) is 0 Å². The zero-order valence-corrected chi connectivity index (χ0v) is 18.2. The monoisotopic (exact) mass is 588 g/mol. The molecule has 0 aliphatic carbocycles. The fraction of sp³-hybridized carbons (Fsp3) is 0. The number of aromatic nitrogens is 4. The lowest BCUT2D eigenvalue weighted by Gasteiger charge is -1.82. The van der Waals surface area contributed by atoms with E-state index in [0.717, 1.165) is 20.0 Å². The summed E-state index contributed by atoms with van der Waals surface area (Å²) in [5.41, 5.74) is 0. The molecule has 0 aliphatic rings. The highest BCUT2D eigenvalue weighted by Gasteiger charge is 2.06. The third-order valence-electron chi connectivity index (χ3n) is 2.19. The van der Waals surface area contributed by atoms with Crippen molar-refractivity contribution in [2.75, 3.05) is 0 Å². The molecule has 10 heteroatoms. The molecule has 4 nitrogen and oxygen atoms in total. The maximum atomic E-state index is 4.25. The van der Waals surface area contributed by atoms with Crippen LogP contribution in [0.15, 0.2) is 35.5 Å². The van der Waals surface area contributed by atoms with E-state index in [2.05, 4.69) is 65.1 Å². The minimum atomic E-state index is 1.01. The maximum Gasteiger partial charge on any atom is 0.153 e. The second kappa shape index (κ2) is 8.19. The molecule has 0 amide bonds. The smallest absolute Gasteiger partial charge is 0.153 e. The molecule has 0 saturated heterocycles. The van der Waals surface area contributed by atoms with Crippen LogP contribution in [0.3, 0.4) is 0 Å². The molecule has 4 aromatic rings. The van der Waals surface area contributed by atoms with Gasteiger partial charge in [0.1, 0.15) is 0 Å². The predicted octanol–water partition coefficient (Wildman–Crippen LogP) is 5.74. The Kier molecular flexibility index (Phi) is 6.26. The summed E-state index contributed by atoms with van der Waals surface area (Å²) in [6.07, 6.45) is 7.33. The summed E-state index contributed by atoms with van der Waals surface area (Å²) in [4.78, 5) is 16.8. The lowest BCUT2D eigenvalue weighted by Crippen LogP contribution is -1.68. The van der Waals surface area contributed by atoms with Gasteiger partial charge in [-0.25, -0.2) is 19.9 Å². The highest BCUT2D eigenvalue weighted by Crippen LogP contribution is 2.29. The van der Waals surface area contributed by atoms with Crippen LogP contribution in [-0.2, 0) is 0 Å². The molecule has 0 aromatic carbocycles. The van der Waals surface area contributed by atoms with Crippen LogP contribution in [0.4, 0.5) is 0 Å². The van der Waals surface area contributed by atoms with Crippen molar-refractivity contribution in [1.82, 2.24) is 19.9 Å². The molecule has 22 heavy (non-hydrogen) atoms. The Morgan fingerprint density at radius 3 is 1.36 bits per heavy atom. The Balaban J connectivity index is 0.000000133. The second-order valence-corrected chi connectivity index (χ2v) is 11.3. The van der Waals surface area contributed by atoms with E-state index in [-0.39, 0.29) is 0 Å². The van der Waals surface area contributed by atoms with E-state index in [1.807, 2.05) is 23.2 Å². The summed E-state index contributed by atoms with van der Waals surface area (Å²) in [6, 6.07) is 0. The molecule has 0 radical (unpaired) electrons. The molecule has 0 fully saturated rings. The standard InChI is InChI=1S/C6H2I2N2S2.C6H4N2S2/c7-3-1-9-5(11-3)6-10-2-4(8)12-6;1-3-9-5(7-1)6-8-2-4-10-6/h1-2H;1-4H. The van der Waals surface area contributed by atoms with Crippen molar-refractivity contribution in [2.24, 2.45) is 0 Å². The van der Waals surface area contributed by atoms with E-state index < -0.39 is 0 Å². The van der Waals surface area contributed by atoms with Crippen LogP contribution in [0, 0.1) is 5.77 Å². The summed E-state index contributed by atoms with van der Waals surface area (Å²) in [7, 11) is 0. The molecule has 4 rings (SSSR count). The van der Waals surface area contributed by atoms with E-state index in [9.17, 15) is 0 Å². The molecular formula is C12H6I2N4S4. The Labute approximate surface area is 170 Å². The molecule has 0 saturated carbocycles. The van der Waals surface area contributed by atoms with Gasteiger partial charge in [-0.3, -0.25) is 0 Å². The van der Waals surface area contributed by atoms with Crippen molar-refractivity contribution in [3.8, 4) is 20.0 Å². The van der Waals surface area contributed by atoms with E-state index in [1.54, 1.807) is 57.7 Å². The number of hydrogen-bond donors (Lipinski definition) is 0. The molecule has 0 bridgehead atoms. The SMILES string of the molecule is Ic1cnc(-c2ncc(I)s2)s1.c1csc(-c2nccs2)n1. The van der Waals surface area contributed by atoms with Crippen LogP contribution in [0.1, 0.15) is 0 Å². The number of hydrogen-bond acceptors (Lipinski definition) is 8. The second-order valence-electron chi connectivity index (χ2n) is 3.61. The van der Waals surface area contributed by atoms with Crippen LogP contribution in [0.2, 0.25) is 0 Å². The Hall–Kier alpha value is -0.0200. The van der Waals surface area contributed by atoms with Gasteiger partial charge in [0.2, 0.25) is 0 Å². The van der Waals surface area contributed by atoms with Crippen molar-refractivity contribution >= 4 is 90.5 Å². The summed E-state index contributed by atoms with van der Waals surface area (Å²) >= 11 is 11.1. The molecule has 0 N–H and O–H groups in total. The van der Waals surface area contributed by atoms with E-state index in [4.69, 9.17) is 0 Å². The van der Waals surface area contributed by atoms with Gasteiger partial charge in [-0.05, 0) is 45.2 Å². The van der Waals surface area contributed by atoms with Gasteiger partial charge in [-0.15, -0.1) is 45.3 Å². The van der Waals surface area contributed by atoms with Gasteiger partial charge < -0.3 is 0 Å². The van der Waals surface area contributed by atoms with Crippen molar-refractivity contribution in [3.05, 3.63) is 41.3 Å². The lowest BCUT2D eigenvalue weighted by atomic mass is 10.7. The quantitative estimate of drug-likeness (QED) is 0.281. The Bertz CT molecular complexity index is 753. The number of rotatable bonds is 2. The molecule has 4 aromatic heterocycles. The lowest BCUT2D eigenvalue weighted by molar-refractivity contribution is 1.35. The number of halogens is 2. The largest absolute Gasteiger partial charge is 0.242 e. The van der Waals surface area contributed by atoms with Crippen LogP contribution in [0.5, 0.6) is 0 Å². The van der Waals surface area contributed by atoms with Crippen molar-refractivity contribution < 1.29 is 0 Å². The van der Waals surface area contributed by atoms with E-state index >= 15 is 0 Å². The minimum Gasteiger partial charge on any atom is -0.242 e. The first kappa shape index (κ1) is 16.8. The summed E-state index contributed by atoms with van der Waals surface area (Å²) in [5, 5.41) is 7.97. The summed E-state index contributed by atoms with van der Waals surface area (Å²) in [5.74, 6) is 0. The molecule has 0 atom stereocenters. The minimum absolute atomic E-state index is 1.01. The first-order valence-corrected chi connectivity index (χ1v) is 11.3. The van der Waals surface area contributed by atoms with Gasteiger partial charge in [0.05, 0.1) is 18.2 Å². The third kappa shape index (κ3) is 4.50. The fourth-order valence-corrected chi connectivity index (χ4v) is 5.56. The Morgan fingerprint density at radius 1 is 0.636 bits per heavy atom. The summed E-state index contributed by atoms with van der Waals surface area (Å²) < 4.78 is 2.40. The van der Waals surface area contributed by atoms with Crippen LogP contribution < -0.4 is 0 Å². The molecule has 4 heterocycles. The first-order chi connectivity index (χ1) is 10.7. The van der Waals surface area contributed by atoms with Crippen LogP contribution >= 0.6 is 90.5 Å². The summed E-state index contributed by atoms with van der Waals surface area (Å²) in [6.45, 7) is 0. The third-order valence-corrected chi connectivity index (χ3v) is 7.47. The van der Waals surface area contributed by atoms with Gasteiger partial charge in [-0.2, -0.15) is 0 Å². The fourth-order valence-electron chi connectivity index (χ4n) is 1.36. The topological polar surface area (TPSA) is 51.6 Å². The van der Waals surface area contributed by atoms with Gasteiger partial charge in [0.15, 0.2) is 20.0 Å². The molecular weight excluding hydrogens is 582 g/mol. The Morgan fingerprint density at radius 2 is 1.09 bits per heavy atom. The van der Waals surface area contributed by atoms with Gasteiger partial charge in [-0.1, -0.05) is 0 Å². The zero-order valence-electron chi connectivity index (χ0n) is 10.6. The molecule has 112 valence electrons. The van der Waals surface area contributed by atoms with Gasteiger partial charge in [0, 0.05) is 23.2 Å².